The number of hydrogen-bond acceptors (Lipinski definition) is 5. The molecule has 0 spiro atoms. The summed E-state index contributed by atoms with van der Waals surface area (Å²) in [5.41, 5.74) is 0.806. The van der Waals surface area contributed by atoms with E-state index in [1.165, 1.54) is 23.5 Å². The summed E-state index contributed by atoms with van der Waals surface area (Å²) in [7, 11) is -3.23. The lowest BCUT2D eigenvalue weighted by atomic mass is 10.1. The summed E-state index contributed by atoms with van der Waals surface area (Å²) >= 11 is 1.43. The van der Waals surface area contributed by atoms with Crippen LogP contribution >= 0.6 is 11.3 Å². The predicted octanol–water partition coefficient (Wildman–Crippen LogP) is 3.30. The van der Waals surface area contributed by atoms with Crippen LogP contribution in [0, 0.1) is 6.92 Å². The minimum Gasteiger partial charge on any atom is -0.350 e. The third-order valence-corrected chi connectivity index (χ3v) is 5.95. The van der Waals surface area contributed by atoms with Crippen molar-refractivity contribution in [2.45, 2.75) is 37.6 Å². The zero-order valence-electron chi connectivity index (χ0n) is 14.4. The SMILES string of the molecule is Cc1ccc(C(=O)CCC(=O)N[C@H](C)c2ccc(S(C)(=O)=O)cc2)s1. The van der Waals surface area contributed by atoms with E-state index >= 15 is 0 Å². The molecule has 0 saturated carbocycles. The summed E-state index contributed by atoms with van der Waals surface area (Å²) in [5, 5.41) is 2.83. The number of nitrogens with one attached hydrogen (secondary N) is 1. The number of Topliss-reactive ketones (excluding diaryl/α,β-unsaturated/α-hetero) is 1. The lowest BCUT2D eigenvalue weighted by Gasteiger charge is -2.14. The highest BCUT2D eigenvalue weighted by atomic mass is 32.2. The van der Waals surface area contributed by atoms with Crippen LogP contribution in [0.15, 0.2) is 41.3 Å². The van der Waals surface area contributed by atoms with E-state index in [1.807, 2.05) is 19.9 Å². The summed E-state index contributed by atoms with van der Waals surface area (Å²) < 4.78 is 22.9. The molecule has 1 atom stereocenters. The van der Waals surface area contributed by atoms with Crippen LogP contribution in [0.5, 0.6) is 0 Å². The molecule has 1 N–H and O–H groups in total. The maximum Gasteiger partial charge on any atom is 0.220 e. The van der Waals surface area contributed by atoms with E-state index < -0.39 is 9.84 Å². The number of carbonyl (C=O) groups excluding carboxylic acids is 2. The zero-order chi connectivity index (χ0) is 18.6. The Kier molecular flexibility index (Phi) is 6.13. The number of benzene rings is 1. The van der Waals surface area contributed by atoms with E-state index in [1.54, 1.807) is 18.2 Å². The number of aryl methyl sites for hydroxylation is 1. The van der Waals surface area contributed by atoms with E-state index in [2.05, 4.69) is 5.32 Å². The Labute approximate surface area is 152 Å². The lowest BCUT2D eigenvalue weighted by molar-refractivity contribution is -0.121. The van der Waals surface area contributed by atoms with Crippen LogP contribution in [-0.4, -0.2) is 26.4 Å². The van der Waals surface area contributed by atoms with Gasteiger partial charge in [0, 0.05) is 24.0 Å². The van der Waals surface area contributed by atoms with Crippen molar-refractivity contribution in [2.75, 3.05) is 6.26 Å². The van der Waals surface area contributed by atoms with E-state index in [0.29, 0.717) is 4.88 Å². The van der Waals surface area contributed by atoms with Crippen molar-refractivity contribution in [2.24, 2.45) is 0 Å². The molecule has 1 aromatic carbocycles. The molecule has 25 heavy (non-hydrogen) atoms. The fraction of sp³-hybridized carbons (Fsp3) is 0.333. The van der Waals surface area contributed by atoms with Crippen molar-refractivity contribution < 1.29 is 18.0 Å². The smallest absolute Gasteiger partial charge is 0.220 e. The lowest BCUT2D eigenvalue weighted by Crippen LogP contribution is -2.26. The normalized spacial score (nSPS) is 12.6. The van der Waals surface area contributed by atoms with Crippen LogP contribution in [0.4, 0.5) is 0 Å². The van der Waals surface area contributed by atoms with Gasteiger partial charge in [-0.05, 0) is 43.7 Å². The van der Waals surface area contributed by atoms with Gasteiger partial charge in [0.25, 0.3) is 0 Å². The molecule has 0 aliphatic heterocycles. The van der Waals surface area contributed by atoms with Crippen molar-refractivity contribution >= 4 is 32.9 Å². The number of ketones is 1. The van der Waals surface area contributed by atoms with E-state index in [9.17, 15) is 18.0 Å². The standard InChI is InChI=1S/C18H21NO4S2/c1-12-4-10-17(24-12)16(20)9-11-18(21)19-13(2)14-5-7-15(8-6-14)25(3,22)23/h4-8,10,13H,9,11H2,1-3H3,(H,19,21)/t13-/m1/s1. The molecule has 1 amide bonds. The molecule has 5 nitrogen and oxygen atoms in total. The molecule has 0 aliphatic rings. The maximum atomic E-state index is 12.0. The van der Waals surface area contributed by atoms with Crippen LogP contribution in [0.3, 0.4) is 0 Å². The molecule has 7 heteroatoms. The van der Waals surface area contributed by atoms with Gasteiger partial charge in [0.2, 0.25) is 5.91 Å². The third kappa shape index (κ3) is 5.51. The highest BCUT2D eigenvalue weighted by molar-refractivity contribution is 7.90. The van der Waals surface area contributed by atoms with Crippen molar-refractivity contribution in [1.29, 1.82) is 0 Å². The summed E-state index contributed by atoms with van der Waals surface area (Å²) in [6.07, 6.45) is 1.45. The molecule has 0 radical (unpaired) electrons. The van der Waals surface area contributed by atoms with Gasteiger partial charge in [0.15, 0.2) is 15.6 Å². The van der Waals surface area contributed by atoms with Gasteiger partial charge in [-0.15, -0.1) is 11.3 Å². The number of thiophene rings is 1. The highest BCUT2D eigenvalue weighted by Crippen LogP contribution is 2.19. The molecule has 0 aliphatic carbocycles. The van der Waals surface area contributed by atoms with Gasteiger partial charge in [-0.25, -0.2) is 8.42 Å². The minimum atomic E-state index is -3.23. The van der Waals surface area contributed by atoms with Gasteiger partial charge in [0.05, 0.1) is 15.8 Å². The van der Waals surface area contributed by atoms with Crippen molar-refractivity contribution in [3.8, 4) is 0 Å². The van der Waals surface area contributed by atoms with Gasteiger partial charge >= 0.3 is 0 Å². The average molecular weight is 380 g/mol. The van der Waals surface area contributed by atoms with Crippen molar-refractivity contribution in [3.05, 3.63) is 51.7 Å². The number of carbonyl (C=O) groups is 2. The molecule has 0 unspecified atom stereocenters. The Bertz CT molecular complexity index is 867. The summed E-state index contributed by atoms with van der Waals surface area (Å²) in [6.45, 7) is 3.75. The number of amides is 1. The molecule has 0 saturated heterocycles. The first-order valence-corrected chi connectivity index (χ1v) is 10.6. The van der Waals surface area contributed by atoms with Gasteiger partial charge < -0.3 is 5.32 Å². The van der Waals surface area contributed by atoms with Crippen LogP contribution < -0.4 is 5.32 Å². The van der Waals surface area contributed by atoms with E-state index in [-0.39, 0.29) is 35.5 Å². The second-order valence-electron chi connectivity index (χ2n) is 5.96. The van der Waals surface area contributed by atoms with Crippen LogP contribution in [0.1, 0.15) is 45.9 Å². The van der Waals surface area contributed by atoms with E-state index in [4.69, 9.17) is 0 Å². The summed E-state index contributed by atoms with van der Waals surface area (Å²) in [6, 6.07) is 9.82. The molecule has 0 bridgehead atoms. The fourth-order valence-electron chi connectivity index (χ4n) is 2.34. The summed E-state index contributed by atoms with van der Waals surface area (Å²) in [4.78, 5) is 26.0. The fourth-order valence-corrected chi connectivity index (χ4v) is 3.80. The predicted molar refractivity (Wildman–Crippen MR) is 98.7 cm³/mol. The molecule has 0 fully saturated rings. The number of sulfone groups is 1. The number of rotatable bonds is 7. The molecule has 1 heterocycles. The molecule has 2 rings (SSSR count). The Morgan fingerprint density at radius 2 is 1.72 bits per heavy atom. The van der Waals surface area contributed by atoms with Crippen molar-refractivity contribution in [3.63, 3.8) is 0 Å². The van der Waals surface area contributed by atoms with Crippen LogP contribution in [0.25, 0.3) is 0 Å². The second kappa shape index (κ2) is 7.93. The topological polar surface area (TPSA) is 80.3 Å². The third-order valence-electron chi connectivity index (χ3n) is 3.78. The Morgan fingerprint density at radius 3 is 2.24 bits per heavy atom. The Hall–Kier alpha value is -1.99. The zero-order valence-corrected chi connectivity index (χ0v) is 16.0. The quantitative estimate of drug-likeness (QED) is 0.749. The van der Waals surface area contributed by atoms with Crippen molar-refractivity contribution in [1.82, 2.24) is 5.32 Å². The first kappa shape index (κ1) is 19.3. The molecule has 2 aromatic rings. The first-order valence-electron chi connectivity index (χ1n) is 7.86. The number of hydrogen-bond donors (Lipinski definition) is 1. The van der Waals surface area contributed by atoms with Gasteiger partial charge in [-0.3, -0.25) is 9.59 Å². The summed E-state index contributed by atoms with van der Waals surface area (Å²) in [5.74, 6) is -0.236. The highest BCUT2D eigenvalue weighted by Gasteiger charge is 2.14. The second-order valence-corrected chi connectivity index (χ2v) is 9.27. The Balaban J connectivity index is 1.88. The maximum absolute atomic E-state index is 12.0. The van der Waals surface area contributed by atoms with Gasteiger partial charge in [-0.1, -0.05) is 12.1 Å². The molecule has 134 valence electrons. The van der Waals surface area contributed by atoms with Crippen LogP contribution in [0.2, 0.25) is 0 Å². The van der Waals surface area contributed by atoms with Gasteiger partial charge in [-0.2, -0.15) is 0 Å². The average Bonchev–Trinajstić information content (AvgIpc) is 2.98. The largest absolute Gasteiger partial charge is 0.350 e. The molecular formula is C18H21NO4S2. The monoisotopic (exact) mass is 379 g/mol. The first-order chi connectivity index (χ1) is 11.7. The van der Waals surface area contributed by atoms with E-state index in [0.717, 1.165) is 16.7 Å². The minimum absolute atomic E-state index is 0.0293. The Morgan fingerprint density at radius 1 is 1.08 bits per heavy atom. The molecular weight excluding hydrogens is 358 g/mol. The molecule has 1 aromatic heterocycles. The van der Waals surface area contributed by atoms with Crippen LogP contribution in [-0.2, 0) is 14.6 Å². The van der Waals surface area contributed by atoms with Gasteiger partial charge in [0.1, 0.15) is 0 Å².